The Balaban J connectivity index is 2.14. The summed E-state index contributed by atoms with van der Waals surface area (Å²) in [4.78, 5) is 15.5. The van der Waals surface area contributed by atoms with Gasteiger partial charge in [-0.3, -0.25) is 9.78 Å². The lowest BCUT2D eigenvalue weighted by Gasteiger charge is -2.10. The fourth-order valence-electron chi connectivity index (χ4n) is 1.69. The van der Waals surface area contributed by atoms with Gasteiger partial charge in [0.1, 0.15) is 0 Å². The Kier molecular flexibility index (Phi) is 6.30. The zero-order chi connectivity index (χ0) is 12.5. The first-order valence-electron chi connectivity index (χ1n) is 6.29. The smallest absolute Gasteiger partial charge is 0.308 e. The maximum absolute atomic E-state index is 11.5. The molecule has 3 heteroatoms. The molecule has 0 bridgehead atoms. The molecule has 0 aliphatic heterocycles. The molecule has 0 N–H and O–H groups in total. The van der Waals surface area contributed by atoms with Gasteiger partial charge in [-0.05, 0) is 37.0 Å². The Hall–Kier alpha value is -1.38. The average Bonchev–Trinajstić information content (AvgIpc) is 2.36. The fraction of sp³-hybridized carbons (Fsp3) is 0.571. The molecule has 1 rings (SSSR count). The molecule has 3 nitrogen and oxygen atoms in total. The zero-order valence-corrected chi connectivity index (χ0v) is 10.7. The molecule has 0 amide bonds. The number of carbonyl (C=O) groups excluding carboxylic acids is 1. The molecule has 1 atom stereocenters. The van der Waals surface area contributed by atoms with Crippen LogP contribution >= 0.6 is 0 Å². The first-order chi connectivity index (χ1) is 8.24. The van der Waals surface area contributed by atoms with Crippen LogP contribution in [0.3, 0.4) is 0 Å². The largest absolute Gasteiger partial charge is 0.465 e. The highest BCUT2D eigenvalue weighted by molar-refractivity contribution is 5.71. The van der Waals surface area contributed by atoms with Gasteiger partial charge < -0.3 is 4.74 Å². The SMILES string of the molecule is CCCC(C)C(=O)OCCCc1ccncc1. The van der Waals surface area contributed by atoms with E-state index in [4.69, 9.17) is 4.74 Å². The molecule has 0 radical (unpaired) electrons. The number of hydrogen-bond acceptors (Lipinski definition) is 3. The normalized spacial score (nSPS) is 12.1. The number of ether oxygens (including phenoxy) is 1. The molecule has 0 saturated heterocycles. The summed E-state index contributed by atoms with van der Waals surface area (Å²) in [5.74, 6) is -0.0393. The van der Waals surface area contributed by atoms with E-state index in [-0.39, 0.29) is 11.9 Å². The Labute approximate surface area is 103 Å². The molecular weight excluding hydrogens is 214 g/mol. The van der Waals surface area contributed by atoms with Gasteiger partial charge in [0.2, 0.25) is 0 Å². The van der Waals surface area contributed by atoms with Gasteiger partial charge in [-0.1, -0.05) is 20.3 Å². The summed E-state index contributed by atoms with van der Waals surface area (Å²) >= 11 is 0. The summed E-state index contributed by atoms with van der Waals surface area (Å²) in [7, 11) is 0. The van der Waals surface area contributed by atoms with Crippen LogP contribution in [0.25, 0.3) is 0 Å². The number of hydrogen-bond donors (Lipinski definition) is 0. The van der Waals surface area contributed by atoms with Gasteiger partial charge >= 0.3 is 5.97 Å². The minimum absolute atomic E-state index is 0.0286. The monoisotopic (exact) mass is 235 g/mol. The molecule has 0 aliphatic rings. The predicted octanol–water partition coefficient (Wildman–Crippen LogP) is 2.99. The molecule has 17 heavy (non-hydrogen) atoms. The summed E-state index contributed by atoms with van der Waals surface area (Å²) in [6.45, 7) is 4.51. The quantitative estimate of drug-likeness (QED) is 0.538. The summed E-state index contributed by atoms with van der Waals surface area (Å²) in [6.07, 6.45) is 7.29. The van der Waals surface area contributed by atoms with Crippen LogP contribution in [0.5, 0.6) is 0 Å². The molecule has 0 spiro atoms. The molecule has 0 saturated carbocycles. The van der Waals surface area contributed by atoms with Gasteiger partial charge in [-0.2, -0.15) is 0 Å². The molecule has 0 aliphatic carbocycles. The summed E-state index contributed by atoms with van der Waals surface area (Å²) in [6, 6.07) is 3.98. The third-order valence-corrected chi connectivity index (χ3v) is 2.73. The van der Waals surface area contributed by atoms with Gasteiger partial charge in [0.25, 0.3) is 0 Å². The zero-order valence-electron chi connectivity index (χ0n) is 10.7. The van der Waals surface area contributed by atoms with Gasteiger partial charge in [-0.25, -0.2) is 0 Å². The highest BCUT2D eigenvalue weighted by atomic mass is 16.5. The second kappa shape index (κ2) is 7.82. The van der Waals surface area contributed by atoms with E-state index < -0.39 is 0 Å². The number of nitrogens with zero attached hydrogens (tertiary/aromatic N) is 1. The Morgan fingerprint density at radius 2 is 2.12 bits per heavy atom. The second-order valence-electron chi connectivity index (χ2n) is 4.32. The van der Waals surface area contributed by atoms with E-state index in [0.29, 0.717) is 6.61 Å². The molecule has 0 fully saturated rings. The third kappa shape index (κ3) is 5.48. The number of aryl methyl sites for hydroxylation is 1. The Bertz CT molecular complexity index is 324. The van der Waals surface area contributed by atoms with Crippen molar-refractivity contribution in [3.63, 3.8) is 0 Å². The molecule has 1 aromatic rings. The second-order valence-corrected chi connectivity index (χ2v) is 4.32. The lowest BCUT2D eigenvalue weighted by atomic mass is 10.1. The van der Waals surface area contributed by atoms with Crippen molar-refractivity contribution in [2.24, 2.45) is 5.92 Å². The molecule has 1 aromatic heterocycles. The number of rotatable bonds is 7. The van der Waals surface area contributed by atoms with Crippen LogP contribution in [0.15, 0.2) is 24.5 Å². The van der Waals surface area contributed by atoms with E-state index >= 15 is 0 Å². The van der Waals surface area contributed by atoms with Crippen molar-refractivity contribution in [2.45, 2.75) is 39.5 Å². The van der Waals surface area contributed by atoms with E-state index in [1.54, 1.807) is 12.4 Å². The van der Waals surface area contributed by atoms with Crippen molar-refractivity contribution in [2.75, 3.05) is 6.61 Å². The van der Waals surface area contributed by atoms with Crippen LogP contribution < -0.4 is 0 Å². The van der Waals surface area contributed by atoms with Crippen LogP contribution in [-0.4, -0.2) is 17.6 Å². The topological polar surface area (TPSA) is 39.2 Å². The van der Waals surface area contributed by atoms with Crippen LogP contribution in [0.2, 0.25) is 0 Å². The van der Waals surface area contributed by atoms with Crippen LogP contribution in [0.4, 0.5) is 0 Å². The van der Waals surface area contributed by atoms with E-state index in [0.717, 1.165) is 25.7 Å². The standard InChI is InChI=1S/C14H21NO2/c1-3-5-12(2)14(16)17-11-4-6-13-7-9-15-10-8-13/h7-10,12H,3-6,11H2,1-2H3. The highest BCUT2D eigenvalue weighted by Gasteiger charge is 2.12. The van der Waals surface area contributed by atoms with E-state index in [2.05, 4.69) is 11.9 Å². The van der Waals surface area contributed by atoms with Gasteiger partial charge in [0.05, 0.1) is 12.5 Å². The summed E-state index contributed by atoms with van der Waals surface area (Å²) in [5.41, 5.74) is 1.23. The van der Waals surface area contributed by atoms with E-state index in [1.807, 2.05) is 19.1 Å². The Morgan fingerprint density at radius 3 is 2.76 bits per heavy atom. The van der Waals surface area contributed by atoms with Gasteiger partial charge in [0, 0.05) is 12.4 Å². The molecule has 0 aromatic carbocycles. The van der Waals surface area contributed by atoms with Gasteiger partial charge in [-0.15, -0.1) is 0 Å². The van der Waals surface area contributed by atoms with Gasteiger partial charge in [0.15, 0.2) is 0 Å². The van der Waals surface area contributed by atoms with Crippen molar-refractivity contribution >= 4 is 5.97 Å². The predicted molar refractivity (Wildman–Crippen MR) is 67.6 cm³/mol. The fourth-order valence-corrected chi connectivity index (χ4v) is 1.69. The number of aromatic nitrogens is 1. The molecule has 1 heterocycles. The van der Waals surface area contributed by atoms with Crippen molar-refractivity contribution < 1.29 is 9.53 Å². The van der Waals surface area contributed by atoms with Crippen LogP contribution in [0, 0.1) is 5.92 Å². The average molecular weight is 235 g/mol. The molecule has 1 unspecified atom stereocenters. The Morgan fingerprint density at radius 1 is 1.41 bits per heavy atom. The maximum Gasteiger partial charge on any atom is 0.308 e. The number of esters is 1. The van der Waals surface area contributed by atoms with Crippen molar-refractivity contribution in [3.05, 3.63) is 30.1 Å². The maximum atomic E-state index is 11.5. The number of carbonyl (C=O) groups is 1. The van der Waals surface area contributed by atoms with Crippen LogP contribution in [-0.2, 0) is 16.0 Å². The summed E-state index contributed by atoms with van der Waals surface area (Å²) in [5, 5.41) is 0. The first kappa shape index (κ1) is 13.7. The lowest BCUT2D eigenvalue weighted by Crippen LogP contribution is -2.15. The van der Waals surface area contributed by atoms with E-state index in [1.165, 1.54) is 5.56 Å². The van der Waals surface area contributed by atoms with Crippen molar-refractivity contribution in [1.82, 2.24) is 4.98 Å². The van der Waals surface area contributed by atoms with Crippen LogP contribution in [0.1, 0.15) is 38.7 Å². The van der Waals surface area contributed by atoms with E-state index in [9.17, 15) is 4.79 Å². The minimum Gasteiger partial charge on any atom is -0.465 e. The lowest BCUT2D eigenvalue weighted by molar-refractivity contribution is -0.148. The summed E-state index contributed by atoms with van der Waals surface area (Å²) < 4.78 is 5.22. The number of pyridine rings is 1. The third-order valence-electron chi connectivity index (χ3n) is 2.73. The molecular formula is C14H21NO2. The van der Waals surface area contributed by atoms with Crippen molar-refractivity contribution in [3.8, 4) is 0 Å². The molecule has 94 valence electrons. The highest BCUT2D eigenvalue weighted by Crippen LogP contribution is 2.08. The first-order valence-corrected chi connectivity index (χ1v) is 6.29. The van der Waals surface area contributed by atoms with Crippen molar-refractivity contribution in [1.29, 1.82) is 0 Å². The minimum atomic E-state index is -0.0680.